The van der Waals surface area contributed by atoms with E-state index in [1.807, 2.05) is 35.7 Å². The number of carbonyl (C=O) groups is 2. The lowest BCUT2D eigenvalue weighted by Gasteiger charge is -2.20. The van der Waals surface area contributed by atoms with Gasteiger partial charge in [0, 0.05) is 4.88 Å². The zero-order chi connectivity index (χ0) is 22.8. The van der Waals surface area contributed by atoms with Gasteiger partial charge in [-0.15, -0.1) is 11.3 Å². The molecule has 164 valence electrons. The quantitative estimate of drug-likeness (QED) is 0.451. The zero-order valence-corrected chi connectivity index (χ0v) is 20.5. The SMILES string of the molecule is CC(C)(C)OC(=O)Nc1ccc(-c2cccs2)cc1NC(=O)c1ccc([Si](C)(C)C)o1. The monoisotopic (exact) mass is 456 g/mol. The Labute approximate surface area is 187 Å². The van der Waals surface area contributed by atoms with Crippen LogP contribution in [-0.2, 0) is 4.74 Å². The Kier molecular flexibility index (Phi) is 6.42. The molecular weight excluding hydrogens is 428 g/mol. The van der Waals surface area contributed by atoms with E-state index in [1.165, 1.54) is 0 Å². The Morgan fingerprint density at radius 1 is 1.00 bits per heavy atom. The van der Waals surface area contributed by atoms with Crippen LogP contribution >= 0.6 is 11.3 Å². The molecule has 31 heavy (non-hydrogen) atoms. The number of benzene rings is 1. The molecule has 0 bridgehead atoms. The van der Waals surface area contributed by atoms with E-state index in [1.54, 1.807) is 44.2 Å². The topological polar surface area (TPSA) is 80.6 Å². The fraction of sp³-hybridized carbons (Fsp3) is 0.304. The number of thiophene rings is 1. The molecule has 0 fully saturated rings. The molecule has 6 nitrogen and oxygen atoms in total. The van der Waals surface area contributed by atoms with E-state index in [9.17, 15) is 9.59 Å². The highest BCUT2D eigenvalue weighted by Gasteiger charge is 2.24. The summed E-state index contributed by atoms with van der Waals surface area (Å²) in [6, 6.07) is 13.0. The van der Waals surface area contributed by atoms with Crippen LogP contribution in [0.1, 0.15) is 31.3 Å². The van der Waals surface area contributed by atoms with Crippen molar-refractivity contribution in [1.82, 2.24) is 0 Å². The summed E-state index contributed by atoms with van der Waals surface area (Å²) in [4.78, 5) is 26.2. The number of nitrogens with one attached hydrogen (secondary N) is 2. The van der Waals surface area contributed by atoms with Gasteiger partial charge in [-0.3, -0.25) is 10.1 Å². The van der Waals surface area contributed by atoms with Crippen molar-refractivity contribution in [2.45, 2.75) is 46.0 Å². The highest BCUT2D eigenvalue weighted by atomic mass is 32.1. The fourth-order valence-electron chi connectivity index (χ4n) is 2.81. The first-order valence-electron chi connectivity index (χ1n) is 10.0. The minimum atomic E-state index is -1.67. The molecule has 1 aromatic carbocycles. The maximum absolute atomic E-state index is 12.9. The van der Waals surface area contributed by atoms with Gasteiger partial charge >= 0.3 is 6.09 Å². The smallest absolute Gasteiger partial charge is 0.412 e. The van der Waals surface area contributed by atoms with Gasteiger partial charge in [-0.25, -0.2) is 4.79 Å². The molecule has 3 rings (SSSR count). The molecule has 3 aromatic rings. The Morgan fingerprint density at radius 2 is 1.74 bits per heavy atom. The van der Waals surface area contributed by atoms with Crippen molar-refractivity contribution in [3.8, 4) is 10.4 Å². The molecule has 0 atom stereocenters. The first kappa shape index (κ1) is 22.8. The fourth-order valence-corrected chi connectivity index (χ4v) is 4.54. The molecule has 0 unspecified atom stereocenters. The van der Waals surface area contributed by atoms with Gasteiger partial charge in [-0.2, -0.15) is 0 Å². The third-order valence-electron chi connectivity index (χ3n) is 4.28. The van der Waals surface area contributed by atoms with Crippen molar-refractivity contribution >= 4 is 48.2 Å². The van der Waals surface area contributed by atoms with Gasteiger partial charge in [0.05, 0.1) is 16.8 Å². The summed E-state index contributed by atoms with van der Waals surface area (Å²) in [5.41, 5.74) is 1.21. The summed E-state index contributed by atoms with van der Waals surface area (Å²) in [6.45, 7) is 11.8. The van der Waals surface area contributed by atoms with Crippen molar-refractivity contribution in [3.63, 3.8) is 0 Å². The van der Waals surface area contributed by atoms with Gasteiger partial charge in [-0.05, 0) is 62.0 Å². The molecule has 2 heterocycles. The molecule has 2 aromatic heterocycles. The van der Waals surface area contributed by atoms with Gasteiger partial charge in [-0.1, -0.05) is 31.8 Å². The van der Waals surface area contributed by atoms with Crippen LogP contribution in [0.3, 0.4) is 0 Å². The molecule has 0 saturated heterocycles. The van der Waals surface area contributed by atoms with E-state index in [2.05, 4.69) is 30.3 Å². The van der Waals surface area contributed by atoms with Crippen LogP contribution < -0.4 is 16.0 Å². The van der Waals surface area contributed by atoms with Gasteiger partial charge in [0.25, 0.3) is 5.91 Å². The maximum atomic E-state index is 12.9. The Hall–Kier alpha value is -2.84. The first-order chi connectivity index (χ1) is 14.4. The van der Waals surface area contributed by atoms with Crippen molar-refractivity contribution < 1.29 is 18.7 Å². The minimum Gasteiger partial charge on any atom is -0.461 e. The van der Waals surface area contributed by atoms with E-state index in [4.69, 9.17) is 9.15 Å². The van der Waals surface area contributed by atoms with Crippen LogP contribution in [-0.4, -0.2) is 25.7 Å². The third-order valence-corrected chi connectivity index (χ3v) is 6.94. The average Bonchev–Trinajstić information content (AvgIpc) is 3.33. The zero-order valence-electron chi connectivity index (χ0n) is 18.7. The van der Waals surface area contributed by atoms with Crippen LogP contribution in [0, 0.1) is 0 Å². The van der Waals surface area contributed by atoms with Crippen molar-refractivity contribution in [1.29, 1.82) is 0 Å². The number of rotatable bonds is 5. The van der Waals surface area contributed by atoms with Gasteiger partial charge < -0.3 is 14.5 Å². The molecule has 0 radical (unpaired) electrons. The number of anilines is 2. The Morgan fingerprint density at radius 3 is 2.32 bits per heavy atom. The third kappa shape index (κ3) is 6.08. The second kappa shape index (κ2) is 8.72. The largest absolute Gasteiger partial charge is 0.461 e. The minimum absolute atomic E-state index is 0.238. The molecule has 0 saturated carbocycles. The summed E-state index contributed by atoms with van der Waals surface area (Å²) < 4.78 is 11.2. The maximum Gasteiger partial charge on any atom is 0.412 e. The predicted octanol–water partition coefficient (Wildman–Crippen LogP) is 6.15. The standard InChI is InChI=1S/C23H28N2O4SSi/c1-23(2,3)29-22(27)25-16-10-9-15(19-8-7-13-30-19)14-17(16)24-21(26)18-11-12-20(28-18)31(4,5)6/h7-14H,1-6H3,(H,24,26)(H,25,27). The lowest BCUT2D eigenvalue weighted by Crippen LogP contribution is -2.36. The predicted molar refractivity (Wildman–Crippen MR) is 129 cm³/mol. The van der Waals surface area contributed by atoms with Crippen LogP contribution in [0.15, 0.2) is 52.3 Å². The van der Waals surface area contributed by atoms with Crippen molar-refractivity contribution in [3.05, 3.63) is 53.6 Å². The van der Waals surface area contributed by atoms with E-state index >= 15 is 0 Å². The lowest BCUT2D eigenvalue weighted by atomic mass is 10.1. The summed E-state index contributed by atoms with van der Waals surface area (Å²) in [5, 5.41) is 8.45. The first-order valence-corrected chi connectivity index (χ1v) is 14.4. The van der Waals surface area contributed by atoms with Crippen molar-refractivity contribution in [2.24, 2.45) is 0 Å². The van der Waals surface area contributed by atoms with Gasteiger partial charge in [0.15, 0.2) is 5.76 Å². The molecule has 2 amide bonds. The Balaban J connectivity index is 1.89. The van der Waals surface area contributed by atoms with Crippen molar-refractivity contribution in [2.75, 3.05) is 10.6 Å². The number of hydrogen-bond acceptors (Lipinski definition) is 5. The second-order valence-electron chi connectivity index (χ2n) is 9.23. The molecule has 0 aliphatic carbocycles. The van der Waals surface area contributed by atoms with Crippen LogP contribution in [0.2, 0.25) is 19.6 Å². The second-order valence-corrected chi connectivity index (χ2v) is 15.2. The Bertz CT molecular complexity index is 1080. The van der Waals surface area contributed by atoms with E-state index in [-0.39, 0.29) is 11.7 Å². The molecule has 0 aliphatic rings. The van der Waals surface area contributed by atoms with Crippen LogP contribution in [0.25, 0.3) is 10.4 Å². The number of amides is 2. The van der Waals surface area contributed by atoms with E-state index in [0.717, 1.165) is 15.8 Å². The van der Waals surface area contributed by atoms with E-state index < -0.39 is 19.8 Å². The molecule has 0 spiro atoms. The van der Waals surface area contributed by atoms with Crippen LogP contribution in [0.4, 0.5) is 16.2 Å². The van der Waals surface area contributed by atoms with Crippen LogP contribution in [0.5, 0.6) is 0 Å². The highest BCUT2D eigenvalue weighted by molar-refractivity contribution is 7.13. The highest BCUT2D eigenvalue weighted by Crippen LogP contribution is 2.32. The number of ether oxygens (including phenoxy) is 1. The number of carbonyl (C=O) groups excluding carboxylic acids is 2. The number of hydrogen-bond donors (Lipinski definition) is 2. The normalized spacial score (nSPS) is 11.8. The van der Waals surface area contributed by atoms with E-state index in [0.29, 0.717) is 11.4 Å². The molecule has 2 N–H and O–H groups in total. The van der Waals surface area contributed by atoms with Gasteiger partial charge in [0.2, 0.25) is 0 Å². The summed E-state index contributed by atoms with van der Waals surface area (Å²) in [5.74, 6) is -0.137. The lowest BCUT2D eigenvalue weighted by molar-refractivity contribution is 0.0635. The average molecular weight is 457 g/mol. The summed E-state index contributed by atoms with van der Waals surface area (Å²) in [7, 11) is -1.67. The van der Waals surface area contributed by atoms with Gasteiger partial charge in [0.1, 0.15) is 13.7 Å². The summed E-state index contributed by atoms with van der Waals surface area (Å²) in [6.07, 6.45) is -0.592. The molecule has 8 heteroatoms. The number of furan rings is 1. The molecule has 0 aliphatic heterocycles. The summed E-state index contributed by atoms with van der Waals surface area (Å²) >= 11 is 1.60. The molecular formula is C23H28N2O4SSi.